The maximum atomic E-state index is 12.5. The van der Waals surface area contributed by atoms with Gasteiger partial charge in [-0.05, 0) is 62.9 Å². The maximum Gasteiger partial charge on any atom is 0.238 e. The minimum atomic E-state index is -0.198. The molecule has 2 heterocycles. The molecule has 0 radical (unpaired) electrons. The number of carbonyl (C=O) groups excluding carboxylic acids is 1. The van der Waals surface area contributed by atoms with Crippen molar-refractivity contribution in [3.8, 4) is 5.75 Å². The first kappa shape index (κ1) is 19.1. The Kier molecular flexibility index (Phi) is 6.51. The second-order valence-corrected chi connectivity index (χ2v) is 7.72. The van der Waals surface area contributed by atoms with Crippen LogP contribution in [0.25, 0.3) is 0 Å². The van der Waals surface area contributed by atoms with Gasteiger partial charge >= 0.3 is 0 Å². The van der Waals surface area contributed by atoms with Gasteiger partial charge in [-0.1, -0.05) is 19.1 Å². The lowest BCUT2D eigenvalue weighted by Crippen LogP contribution is -2.49. The first-order valence-electron chi connectivity index (χ1n) is 9.73. The summed E-state index contributed by atoms with van der Waals surface area (Å²) < 4.78 is 5.20. The highest BCUT2D eigenvalue weighted by Crippen LogP contribution is 2.24. The van der Waals surface area contributed by atoms with Crippen molar-refractivity contribution < 1.29 is 9.53 Å². The molecule has 3 atom stereocenters. The quantitative estimate of drug-likeness (QED) is 0.722. The molecule has 0 bridgehead atoms. The highest BCUT2D eigenvalue weighted by molar-refractivity contribution is 5.82. The van der Waals surface area contributed by atoms with Crippen LogP contribution in [0.5, 0.6) is 5.75 Å². The molecule has 3 N–H and O–H groups in total. The standard InChI is InChI=1S/C20H32N4O2/c1-14-8-10-24(11-9-14)15(2)13-21-20(25)19-12-18(22-23-19)16-4-6-17(26-3)7-5-16/h4-7,14-15,18-19,22-23H,8-13H2,1-3H3,(H,21,25). The molecule has 1 aromatic rings. The molecule has 1 amide bonds. The molecule has 0 saturated carbocycles. The summed E-state index contributed by atoms with van der Waals surface area (Å²) >= 11 is 0. The van der Waals surface area contributed by atoms with Crippen molar-refractivity contribution in [1.29, 1.82) is 0 Å². The third kappa shape index (κ3) is 4.75. The second-order valence-electron chi connectivity index (χ2n) is 7.72. The zero-order chi connectivity index (χ0) is 18.5. The van der Waals surface area contributed by atoms with E-state index in [1.54, 1.807) is 7.11 Å². The van der Waals surface area contributed by atoms with Gasteiger partial charge in [-0.15, -0.1) is 0 Å². The lowest BCUT2D eigenvalue weighted by molar-refractivity contribution is -0.123. The Morgan fingerprint density at radius 3 is 2.62 bits per heavy atom. The van der Waals surface area contributed by atoms with Crippen molar-refractivity contribution in [2.75, 3.05) is 26.7 Å². The number of methoxy groups -OCH3 is 1. The van der Waals surface area contributed by atoms with Crippen molar-refractivity contribution in [1.82, 2.24) is 21.1 Å². The molecule has 1 aromatic carbocycles. The fraction of sp³-hybridized carbons (Fsp3) is 0.650. The van der Waals surface area contributed by atoms with Crippen LogP contribution in [-0.2, 0) is 4.79 Å². The van der Waals surface area contributed by atoms with E-state index in [1.807, 2.05) is 24.3 Å². The van der Waals surface area contributed by atoms with E-state index in [1.165, 1.54) is 12.8 Å². The van der Waals surface area contributed by atoms with E-state index in [0.29, 0.717) is 12.6 Å². The number of hydrogen-bond donors (Lipinski definition) is 3. The van der Waals surface area contributed by atoms with E-state index in [9.17, 15) is 4.79 Å². The lowest BCUT2D eigenvalue weighted by atomic mass is 9.98. The van der Waals surface area contributed by atoms with Crippen LogP contribution in [0.2, 0.25) is 0 Å². The van der Waals surface area contributed by atoms with E-state index in [0.717, 1.165) is 36.7 Å². The summed E-state index contributed by atoms with van der Waals surface area (Å²) in [6.45, 7) is 7.51. The average Bonchev–Trinajstić information content (AvgIpc) is 3.17. The number of piperidine rings is 1. The molecule has 2 saturated heterocycles. The molecule has 2 fully saturated rings. The van der Waals surface area contributed by atoms with Crippen LogP contribution in [0, 0.1) is 5.92 Å². The van der Waals surface area contributed by atoms with Gasteiger partial charge in [-0.2, -0.15) is 0 Å². The zero-order valence-electron chi connectivity index (χ0n) is 16.1. The topological polar surface area (TPSA) is 65.6 Å². The van der Waals surface area contributed by atoms with Gasteiger partial charge in [0, 0.05) is 18.6 Å². The monoisotopic (exact) mass is 360 g/mol. The highest BCUT2D eigenvalue weighted by Gasteiger charge is 2.30. The van der Waals surface area contributed by atoms with Gasteiger partial charge in [0.25, 0.3) is 0 Å². The van der Waals surface area contributed by atoms with Crippen molar-refractivity contribution in [2.24, 2.45) is 5.92 Å². The summed E-state index contributed by atoms with van der Waals surface area (Å²) in [6, 6.07) is 8.30. The van der Waals surface area contributed by atoms with Crippen LogP contribution in [0.4, 0.5) is 0 Å². The van der Waals surface area contributed by atoms with E-state index < -0.39 is 0 Å². The number of ether oxygens (including phenoxy) is 1. The van der Waals surface area contributed by atoms with E-state index in [4.69, 9.17) is 4.74 Å². The van der Waals surface area contributed by atoms with Crippen molar-refractivity contribution >= 4 is 5.91 Å². The number of hydrogen-bond acceptors (Lipinski definition) is 5. The van der Waals surface area contributed by atoms with Crippen LogP contribution in [0.15, 0.2) is 24.3 Å². The Hall–Kier alpha value is -1.63. The number of benzene rings is 1. The van der Waals surface area contributed by atoms with Gasteiger partial charge in [0.2, 0.25) is 5.91 Å². The third-order valence-corrected chi connectivity index (χ3v) is 5.75. The molecule has 3 rings (SSSR count). The van der Waals surface area contributed by atoms with Crippen molar-refractivity contribution in [2.45, 2.75) is 51.2 Å². The fourth-order valence-corrected chi connectivity index (χ4v) is 3.75. The summed E-state index contributed by atoms with van der Waals surface area (Å²) in [5.74, 6) is 1.75. The summed E-state index contributed by atoms with van der Waals surface area (Å²) in [6.07, 6.45) is 3.26. The van der Waals surface area contributed by atoms with Gasteiger partial charge in [-0.25, -0.2) is 10.9 Å². The summed E-state index contributed by atoms with van der Waals surface area (Å²) in [7, 11) is 1.66. The zero-order valence-corrected chi connectivity index (χ0v) is 16.1. The molecule has 3 unspecified atom stereocenters. The number of amides is 1. The number of likely N-dealkylation sites (tertiary alicyclic amines) is 1. The SMILES string of the molecule is COc1ccc(C2CC(C(=O)NCC(C)N3CCC(C)CC3)NN2)cc1. The van der Waals surface area contributed by atoms with Crippen LogP contribution in [0.3, 0.4) is 0 Å². The second kappa shape index (κ2) is 8.84. The number of nitrogens with one attached hydrogen (secondary N) is 3. The molecule has 0 aromatic heterocycles. The molecule has 6 nitrogen and oxygen atoms in total. The third-order valence-electron chi connectivity index (χ3n) is 5.75. The molecule has 2 aliphatic heterocycles. The van der Waals surface area contributed by atoms with E-state index >= 15 is 0 Å². The number of nitrogens with zero attached hydrogens (tertiary/aromatic N) is 1. The Morgan fingerprint density at radius 1 is 1.27 bits per heavy atom. The largest absolute Gasteiger partial charge is 0.497 e. The normalized spacial score (nSPS) is 25.8. The van der Waals surface area contributed by atoms with Crippen LogP contribution < -0.4 is 20.9 Å². The Morgan fingerprint density at radius 2 is 1.96 bits per heavy atom. The van der Waals surface area contributed by atoms with Crippen LogP contribution >= 0.6 is 0 Å². The first-order valence-corrected chi connectivity index (χ1v) is 9.73. The van der Waals surface area contributed by atoms with Gasteiger partial charge in [0.05, 0.1) is 7.11 Å². The van der Waals surface area contributed by atoms with Crippen molar-refractivity contribution in [3.05, 3.63) is 29.8 Å². The van der Waals surface area contributed by atoms with Gasteiger partial charge in [0.15, 0.2) is 0 Å². The fourth-order valence-electron chi connectivity index (χ4n) is 3.75. The number of carbonyl (C=O) groups is 1. The summed E-state index contributed by atoms with van der Waals surface area (Å²) in [4.78, 5) is 15.0. The van der Waals surface area contributed by atoms with Crippen LogP contribution in [-0.4, -0.2) is 49.6 Å². The minimum Gasteiger partial charge on any atom is -0.497 e. The first-order chi connectivity index (χ1) is 12.6. The van der Waals surface area contributed by atoms with Crippen molar-refractivity contribution in [3.63, 3.8) is 0 Å². The molecule has 26 heavy (non-hydrogen) atoms. The number of rotatable bonds is 6. The highest BCUT2D eigenvalue weighted by atomic mass is 16.5. The smallest absolute Gasteiger partial charge is 0.238 e. The molecular weight excluding hydrogens is 328 g/mol. The molecular formula is C20H32N4O2. The van der Waals surface area contributed by atoms with Gasteiger partial charge in [-0.3, -0.25) is 9.69 Å². The Balaban J connectivity index is 1.44. The van der Waals surface area contributed by atoms with Gasteiger partial charge < -0.3 is 10.1 Å². The Labute approximate surface area is 156 Å². The Bertz CT molecular complexity index is 584. The molecule has 6 heteroatoms. The lowest BCUT2D eigenvalue weighted by Gasteiger charge is -2.35. The summed E-state index contributed by atoms with van der Waals surface area (Å²) in [5, 5.41) is 3.12. The predicted molar refractivity (Wildman–Crippen MR) is 103 cm³/mol. The molecule has 2 aliphatic rings. The van der Waals surface area contributed by atoms with Crippen LogP contribution in [0.1, 0.15) is 44.7 Å². The predicted octanol–water partition coefficient (Wildman–Crippen LogP) is 1.84. The maximum absolute atomic E-state index is 12.5. The molecule has 144 valence electrons. The molecule has 0 spiro atoms. The van der Waals surface area contributed by atoms with E-state index in [-0.39, 0.29) is 18.0 Å². The summed E-state index contributed by atoms with van der Waals surface area (Å²) in [5.41, 5.74) is 7.53. The van der Waals surface area contributed by atoms with Gasteiger partial charge in [0.1, 0.15) is 11.8 Å². The molecule has 0 aliphatic carbocycles. The number of hydrazine groups is 1. The van der Waals surface area contributed by atoms with E-state index in [2.05, 4.69) is 34.9 Å². The minimum absolute atomic E-state index is 0.0748. The average molecular weight is 361 g/mol.